The summed E-state index contributed by atoms with van der Waals surface area (Å²) in [7, 11) is 4.21. The summed E-state index contributed by atoms with van der Waals surface area (Å²) >= 11 is 0. The third-order valence-corrected chi connectivity index (χ3v) is 3.51. The maximum atomic E-state index is 2.29. The van der Waals surface area contributed by atoms with Crippen molar-refractivity contribution in [3.05, 3.63) is 47.8 Å². The molecule has 2 rings (SSSR count). The Morgan fingerprint density at radius 3 is 1.50 bits per heavy atom. The van der Waals surface area contributed by atoms with Gasteiger partial charge in [-0.15, -0.1) is 0 Å². The molecule has 2 aromatic heterocycles. The lowest BCUT2D eigenvalue weighted by Gasteiger charge is -2.03. The summed E-state index contributed by atoms with van der Waals surface area (Å²) in [6, 6.07) is 8.95. The van der Waals surface area contributed by atoms with E-state index in [1.165, 1.54) is 22.5 Å². The van der Waals surface area contributed by atoms with E-state index in [1.54, 1.807) is 0 Å². The molecule has 0 radical (unpaired) electrons. The molecule has 0 saturated carbocycles. The summed E-state index contributed by atoms with van der Waals surface area (Å²) in [6.07, 6.45) is 6.44. The van der Waals surface area contributed by atoms with E-state index in [0.717, 1.165) is 12.8 Å². The second-order valence-electron chi connectivity index (χ2n) is 4.77. The molecular weight excluding hydrogens is 220 g/mol. The summed E-state index contributed by atoms with van der Waals surface area (Å²) in [5.74, 6) is 0. The number of rotatable bonds is 3. The molecule has 2 heterocycles. The van der Waals surface area contributed by atoms with E-state index in [4.69, 9.17) is 0 Å². The summed E-state index contributed by atoms with van der Waals surface area (Å²) in [5, 5.41) is 0. The molecule has 0 bridgehead atoms. The van der Waals surface area contributed by atoms with E-state index in [0.29, 0.717) is 0 Å². The van der Waals surface area contributed by atoms with Gasteiger partial charge in [0, 0.05) is 24.3 Å². The van der Waals surface area contributed by atoms with Crippen LogP contribution in [-0.2, 0) is 26.9 Å². The summed E-state index contributed by atoms with van der Waals surface area (Å²) in [5.41, 5.74) is 5.30. The molecule has 0 N–H and O–H groups in total. The lowest BCUT2D eigenvalue weighted by atomic mass is 10.1. The Hall–Kier alpha value is -1.70. The van der Waals surface area contributed by atoms with E-state index in [-0.39, 0.29) is 0 Å². The fourth-order valence-corrected chi connectivity index (χ4v) is 2.18. The Labute approximate surface area is 110 Å². The van der Waals surface area contributed by atoms with Crippen molar-refractivity contribution in [2.75, 3.05) is 0 Å². The first kappa shape index (κ1) is 12.7. The van der Waals surface area contributed by atoms with Gasteiger partial charge in [0.2, 0.25) is 0 Å². The number of aryl methyl sites for hydroxylation is 4. The molecule has 0 spiro atoms. The van der Waals surface area contributed by atoms with Gasteiger partial charge in [-0.3, -0.25) is 0 Å². The van der Waals surface area contributed by atoms with Gasteiger partial charge in [-0.25, -0.2) is 0 Å². The highest BCUT2D eigenvalue weighted by atomic mass is 15.0. The topological polar surface area (TPSA) is 7.76 Å². The molecule has 18 heavy (non-hydrogen) atoms. The molecule has 0 fully saturated rings. The highest BCUT2D eigenvalue weighted by molar-refractivity contribution is 5.49. The molecule has 0 saturated heterocycles. The maximum absolute atomic E-state index is 2.29. The molecule has 0 aliphatic carbocycles. The van der Waals surface area contributed by atoms with Crippen LogP contribution in [0, 0.1) is 0 Å². The fraction of sp³-hybridized carbons (Fsp3) is 0.375. The highest BCUT2D eigenvalue weighted by Gasteiger charge is 2.19. The first-order chi connectivity index (χ1) is 8.65. The average Bonchev–Trinajstić information content (AvgIpc) is 2.40. The minimum atomic E-state index is 1.07. The predicted molar refractivity (Wildman–Crippen MR) is 73.0 cm³/mol. The first-order valence-corrected chi connectivity index (χ1v) is 6.63. The number of aromatic nitrogens is 2. The molecule has 0 aromatic carbocycles. The van der Waals surface area contributed by atoms with Crippen LogP contribution in [0.15, 0.2) is 36.7 Å². The molecule has 0 atom stereocenters. The third-order valence-electron chi connectivity index (χ3n) is 3.51. The average molecular weight is 242 g/mol. The molecule has 0 aliphatic rings. The van der Waals surface area contributed by atoms with Crippen LogP contribution in [0.4, 0.5) is 0 Å². The van der Waals surface area contributed by atoms with E-state index in [2.05, 4.69) is 73.7 Å². The largest absolute Gasteiger partial charge is 0.277 e. The second kappa shape index (κ2) is 5.30. The van der Waals surface area contributed by atoms with Crippen molar-refractivity contribution >= 4 is 0 Å². The number of hydrogen-bond donors (Lipinski definition) is 0. The van der Waals surface area contributed by atoms with Crippen molar-refractivity contribution in [2.45, 2.75) is 26.7 Å². The molecule has 0 amide bonds. The minimum Gasteiger partial charge on any atom is -0.196 e. The van der Waals surface area contributed by atoms with Gasteiger partial charge in [-0.1, -0.05) is 13.8 Å². The van der Waals surface area contributed by atoms with E-state index in [1.807, 2.05) is 0 Å². The van der Waals surface area contributed by atoms with Crippen molar-refractivity contribution in [1.29, 1.82) is 0 Å². The van der Waals surface area contributed by atoms with Crippen molar-refractivity contribution in [3.63, 3.8) is 0 Å². The molecule has 0 unspecified atom stereocenters. The van der Waals surface area contributed by atoms with Gasteiger partial charge >= 0.3 is 0 Å². The van der Waals surface area contributed by atoms with Gasteiger partial charge in [-0.05, 0) is 24.0 Å². The number of hydrogen-bond acceptors (Lipinski definition) is 0. The normalized spacial score (nSPS) is 10.7. The number of pyridine rings is 2. The molecule has 2 aromatic rings. The second-order valence-corrected chi connectivity index (χ2v) is 4.77. The molecular formula is C16H22N2+2. The molecule has 94 valence electrons. The van der Waals surface area contributed by atoms with Gasteiger partial charge in [0.1, 0.15) is 14.1 Å². The van der Waals surface area contributed by atoms with Crippen LogP contribution in [-0.4, -0.2) is 0 Å². The van der Waals surface area contributed by atoms with Crippen molar-refractivity contribution in [2.24, 2.45) is 14.1 Å². The lowest BCUT2D eigenvalue weighted by molar-refractivity contribution is -0.690. The molecule has 2 heteroatoms. The van der Waals surface area contributed by atoms with Crippen LogP contribution < -0.4 is 9.13 Å². The van der Waals surface area contributed by atoms with Crippen LogP contribution >= 0.6 is 0 Å². The zero-order chi connectivity index (χ0) is 13.1. The third kappa shape index (κ3) is 2.42. The van der Waals surface area contributed by atoms with E-state index in [9.17, 15) is 0 Å². The minimum absolute atomic E-state index is 1.07. The quantitative estimate of drug-likeness (QED) is 0.729. The highest BCUT2D eigenvalue weighted by Crippen LogP contribution is 2.14. The smallest absolute Gasteiger partial charge is 0.196 e. The van der Waals surface area contributed by atoms with E-state index < -0.39 is 0 Å². The summed E-state index contributed by atoms with van der Waals surface area (Å²) in [6.45, 7) is 4.39. The van der Waals surface area contributed by atoms with Crippen molar-refractivity contribution in [1.82, 2.24) is 0 Å². The SMILES string of the molecule is CCc1cc[n+](C)c(-c2cc(CC)cc[n+]2C)c1. The Morgan fingerprint density at radius 2 is 1.17 bits per heavy atom. The van der Waals surface area contributed by atoms with Gasteiger partial charge in [0.15, 0.2) is 12.4 Å². The Morgan fingerprint density at radius 1 is 0.778 bits per heavy atom. The van der Waals surface area contributed by atoms with Crippen LogP contribution in [0.2, 0.25) is 0 Å². The molecule has 0 aliphatic heterocycles. The first-order valence-electron chi connectivity index (χ1n) is 6.63. The predicted octanol–water partition coefficient (Wildman–Crippen LogP) is 2.13. The molecule has 2 nitrogen and oxygen atoms in total. The maximum Gasteiger partial charge on any atom is 0.277 e. The zero-order valence-corrected chi connectivity index (χ0v) is 11.8. The lowest BCUT2D eigenvalue weighted by Crippen LogP contribution is -2.38. The fourth-order valence-electron chi connectivity index (χ4n) is 2.18. The Kier molecular flexibility index (Phi) is 3.75. The standard InChI is InChI=1S/C16H22N2/c1-5-13-7-9-17(3)15(11-13)16-12-14(6-2)8-10-18(16)4/h7-12H,5-6H2,1-4H3/q+2. The van der Waals surface area contributed by atoms with Crippen LogP contribution in [0.25, 0.3) is 11.4 Å². The van der Waals surface area contributed by atoms with Gasteiger partial charge in [-0.2, -0.15) is 9.13 Å². The summed E-state index contributed by atoms with van der Waals surface area (Å²) in [4.78, 5) is 0. The van der Waals surface area contributed by atoms with Gasteiger partial charge in [0.25, 0.3) is 11.4 Å². The summed E-state index contributed by atoms with van der Waals surface area (Å²) < 4.78 is 4.38. The Balaban J connectivity index is 2.60. The van der Waals surface area contributed by atoms with Gasteiger partial charge in [0.05, 0.1) is 0 Å². The van der Waals surface area contributed by atoms with E-state index >= 15 is 0 Å². The van der Waals surface area contributed by atoms with Crippen LogP contribution in [0.5, 0.6) is 0 Å². The monoisotopic (exact) mass is 242 g/mol. The zero-order valence-electron chi connectivity index (χ0n) is 11.8. The van der Waals surface area contributed by atoms with Crippen LogP contribution in [0.3, 0.4) is 0 Å². The van der Waals surface area contributed by atoms with Crippen molar-refractivity contribution in [3.8, 4) is 11.4 Å². The Bertz CT molecular complexity index is 508. The van der Waals surface area contributed by atoms with Crippen LogP contribution in [0.1, 0.15) is 25.0 Å². The number of nitrogens with zero attached hydrogens (tertiary/aromatic N) is 2. The van der Waals surface area contributed by atoms with Crippen molar-refractivity contribution < 1.29 is 9.13 Å². The van der Waals surface area contributed by atoms with Gasteiger partial charge < -0.3 is 0 Å².